The summed E-state index contributed by atoms with van der Waals surface area (Å²) in [5, 5.41) is 10.7. The summed E-state index contributed by atoms with van der Waals surface area (Å²) in [5.41, 5.74) is 0.756. The number of hydrogen-bond donors (Lipinski definition) is 2. The molecule has 0 bridgehead atoms. The lowest BCUT2D eigenvalue weighted by atomic mass is 10.3. The van der Waals surface area contributed by atoms with Crippen LogP contribution in [0.5, 0.6) is 0 Å². The number of anilines is 2. The first-order chi connectivity index (χ1) is 10.2. The Morgan fingerprint density at radius 2 is 2.05 bits per heavy atom. The van der Waals surface area contributed by atoms with Gasteiger partial charge in [-0.05, 0) is 52.3 Å². The molecule has 2 aromatic heterocycles. The molecule has 0 saturated carbocycles. The van der Waals surface area contributed by atoms with Crippen LogP contribution in [0.1, 0.15) is 4.88 Å². The van der Waals surface area contributed by atoms with Crippen molar-refractivity contribution in [3.8, 4) is 0 Å². The first-order valence-corrected chi connectivity index (χ1v) is 8.60. The second kappa shape index (κ2) is 6.59. The Morgan fingerprint density at radius 1 is 1.24 bits per heavy atom. The van der Waals surface area contributed by atoms with Crippen LogP contribution in [0.4, 0.5) is 16.0 Å². The summed E-state index contributed by atoms with van der Waals surface area (Å²) in [4.78, 5) is 5.59. The molecule has 0 radical (unpaired) electrons. The van der Waals surface area contributed by atoms with Gasteiger partial charge in [-0.2, -0.15) is 4.98 Å². The highest BCUT2D eigenvalue weighted by molar-refractivity contribution is 9.11. The van der Waals surface area contributed by atoms with E-state index in [0.29, 0.717) is 11.1 Å². The van der Waals surface area contributed by atoms with Gasteiger partial charge in [-0.1, -0.05) is 11.8 Å². The average Bonchev–Trinajstić information content (AvgIpc) is 3.08. The van der Waals surface area contributed by atoms with E-state index in [2.05, 4.69) is 42.5 Å². The van der Waals surface area contributed by atoms with Crippen molar-refractivity contribution in [3.05, 3.63) is 50.9 Å². The molecular weight excluding hydrogens is 375 g/mol. The maximum absolute atomic E-state index is 12.8. The van der Waals surface area contributed by atoms with Gasteiger partial charge in [0.2, 0.25) is 11.1 Å². The maximum atomic E-state index is 12.8. The van der Waals surface area contributed by atoms with Gasteiger partial charge in [0.1, 0.15) is 5.82 Å². The number of aromatic nitrogens is 3. The number of halogens is 2. The van der Waals surface area contributed by atoms with Gasteiger partial charge in [0.25, 0.3) is 0 Å². The van der Waals surface area contributed by atoms with Crippen LogP contribution in [-0.2, 0) is 5.75 Å². The second-order valence-electron chi connectivity index (χ2n) is 4.09. The van der Waals surface area contributed by atoms with Crippen molar-refractivity contribution in [2.24, 2.45) is 0 Å². The van der Waals surface area contributed by atoms with E-state index >= 15 is 0 Å². The quantitative estimate of drug-likeness (QED) is 0.620. The zero-order valence-corrected chi connectivity index (χ0v) is 13.9. The van der Waals surface area contributed by atoms with E-state index in [1.807, 2.05) is 6.07 Å². The standard InChI is InChI=1S/C13H10BrFN4S2/c14-11-6-5-10(21-11)7-20-13-17-12(18-19-13)16-9-3-1-8(15)2-4-9/h1-6H,7H2,(H2,16,17,18,19). The van der Waals surface area contributed by atoms with Gasteiger partial charge in [-0.3, -0.25) is 0 Å². The first kappa shape index (κ1) is 14.6. The van der Waals surface area contributed by atoms with Crippen molar-refractivity contribution in [1.29, 1.82) is 0 Å². The smallest absolute Gasteiger partial charge is 0.223 e. The molecule has 0 spiro atoms. The van der Waals surface area contributed by atoms with E-state index in [4.69, 9.17) is 0 Å². The number of aromatic amines is 1. The Morgan fingerprint density at radius 3 is 2.76 bits per heavy atom. The van der Waals surface area contributed by atoms with Crippen LogP contribution < -0.4 is 5.32 Å². The van der Waals surface area contributed by atoms with Crippen LogP contribution in [0.15, 0.2) is 45.3 Å². The summed E-state index contributed by atoms with van der Waals surface area (Å²) in [6, 6.07) is 10.2. The summed E-state index contributed by atoms with van der Waals surface area (Å²) >= 11 is 6.69. The van der Waals surface area contributed by atoms with Crippen molar-refractivity contribution < 1.29 is 4.39 Å². The van der Waals surface area contributed by atoms with Crippen LogP contribution in [0, 0.1) is 5.82 Å². The number of nitrogens with one attached hydrogen (secondary N) is 2. The van der Waals surface area contributed by atoms with Crippen molar-refractivity contribution in [3.63, 3.8) is 0 Å². The molecule has 2 heterocycles. The molecule has 0 fully saturated rings. The molecule has 0 saturated heterocycles. The molecule has 0 atom stereocenters. The Kier molecular flexibility index (Phi) is 4.57. The molecule has 1 aromatic carbocycles. The molecule has 0 aliphatic heterocycles. The first-order valence-electron chi connectivity index (χ1n) is 6.01. The molecular formula is C13H10BrFN4S2. The molecule has 108 valence electrons. The number of thioether (sulfide) groups is 1. The summed E-state index contributed by atoms with van der Waals surface area (Å²) in [6.45, 7) is 0. The minimum Gasteiger partial charge on any atom is -0.325 e. The fourth-order valence-corrected chi connectivity index (χ4v) is 3.93. The Bertz CT molecular complexity index is 726. The van der Waals surface area contributed by atoms with Gasteiger partial charge in [-0.25, -0.2) is 9.49 Å². The van der Waals surface area contributed by atoms with Crippen molar-refractivity contribution in [1.82, 2.24) is 15.2 Å². The van der Waals surface area contributed by atoms with Gasteiger partial charge in [-0.15, -0.1) is 16.4 Å². The van der Waals surface area contributed by atoms with Gasteiger partial charge in [0.05, 0.1) is 3.79 Å². The monoisotopic (exact) mass is 384 g/mol. The molecule has 0 unspecified atom stereocenters. The predicted octanol–water partition coefficient (Wildman–Crippen LogP) is 4.80. The molecule has 4 nitrogen and oxygen atoms in total. The molecule has 8 heteroatoms. The van der Waals surface area contributed by atoms with E-state index in [1.165, 1.54) is 17.0 Å². The summed E-state index contributed by atoms with van der Waals surface area (Å²) in [7, 11) is 0. The van der Waals surface area contributed by atoms with E-state index in [1.54, 1.807) is 35.2 Å². The third-order valence-corrected chi connectivity index (χ3v) is 5.25. The highest BCUT2D eigenvalue weighted by atomic mass is 79.9. The average molecular weight is 385 g/mol. The van der Waals surface area contributed by atoms with Crippen molar-refractivity contribution in [2.75, 3.05) is 5.32 Å². The van der Waals surface area contributed by atoms with E-state index in [9.17, 15) is 4.39 Å². The number of H-pyrrole nitrogens is 1. The van der Waals surface area contributed by atoms with E-state index in [0.717, 1.165) is 15.2 Å². The topological polar surface area (TPSA) is 53.6 Å². The summed E-state index contributed by atoms with van der Waals surface area (Å²) < 4.78 is 13.9. The largest absolute Gasteiger partial charge is 0.325 e. The number of nitrogens with zero attached hydrogens (tertiary/aromatic N) is 2. The lowest BCUT2D eigenvalue weighted by Crippen LogP contribution is -1.92. The molecule has 0 amide bonds. The number of benzene rings is 1. The van der Waals surface area contributed by atoms with Gasteiger partial charge >= 0.3 is 0 Å². The van der Waals surface area contributed by atoms with Gasteiger partial charge in [0, 0.05) is 16.3 Å². The van der Waals surface area contributed by atoms with E-state index < -0.39 is 0 Å². The number of thiophene rings is 1. The van der Waals surface area contributed by atoms with Gasteiger partial charge < -0.3 is 5.32 Å². The normalized spacial score (nSPS) is 10.8. The van der Waals surface area contributed by atoms with Crippen molar-refractivity contribution in [2.45, 2.75) is 10.9 Å². The minimum atomic E-state index is -0.267. The Hall–Kier alpha value is -1.38. The molecule has 0 aliphatic rings. The van der Waals surface area contributed by atoms with Crippen LogP contribution in [0.25, 0.3) is 0 Å². The predicted molar refractivity (Wildman–Crippen MR) is 87.6 cm³/mol. The van der Waals surface area contributed by atoms with Crippen LogP contribution >= 0.6 is 39.0 Å². The van der Waals surface area contributed by atoms with Crippen LogP contribution in [0.2, 0.25) is 0 Å². The fourth-order valence-electron chi connectivity index (χ4n) is 1.60. The molecule has 3 rings (SSSR count). The van der Waals surface area contributed by atoms with Crippen molar-refractivity contribution >= 4 is 50.7 Å². The molecule has 2 N–H and O–H groups in total. The third-order valence-electron chi connectivity index (χ3n) is 2.54. The second-order valence-corrected chi connectivity index (χ2v) is 7.58. The van der Waals surface area contributed by atoms with E-state index in [-0.39, 0.29) is 5.82 Å². The van der Waals surface area contributed by atoms with Crippen LogP contribution in [0.3, 0.4) is 0 Å². The Labute approximate surface area is 137 Å². The highest BCUT2D eigenvalue weighted by Gasteiger charge is 2.06. The SMILES string of the molecule is Fc1ccc(Nc2nc(SCc3ccc(Br)s3)n[nH]2)cc1. The lowest BCUT2D eigenvalue weighted by molar-refractivity contribution is 0.628. The molecule has 3 aromatic rings. The number of hydrogen-bond acceptors (Lipinski definition) is 5. The number of rotatable bonds is 5. The summed E-state index contributed by atoms with van der Waals surface area (Å²) in [5.74, 6) is 1.09. The van der Waals surface area contributed by atoms with Gasteiger partial charge in [0.15, 0.2) is 0 Å². The third kappa shape index (κ3) is 4.05. The van der Waals surface area contributed by atoms with Crippen LogP contribution in [-0.4, -0.2) is 15.2 Å². The maximum Gasteiger partial charge on any atom is 0.223 e. The molecule has 21 heavy (non-hydrogen) atoms. The Balaban J connectivity index is 1.59. The molecule has 0 aliphatic carbocycles. The minimum absolute atomic E-state index is 0.267. The highest BCUT2D eigenvalue weighted by Crippen LogP contribution is 2.28. The zero-order valence-electron chi connectivity index (χ0n) is 10.6. The lowest BCUT2D eigenvalue weighted by Gasteiger charge is -2.00. The summed E-state index contributed by atoms with van der Waals surface area (Å²) in [6.07, 6.45) is 0. The fraction of sp³-hybridized carbons (Fsp3) is 0.0769. The zero-order chi connectivity index (χ0) is 14.7.